The number of amides is 1. The lowest BCUT2D eigenvalue weighted by Crippen LogP contribution is -2.37. The molecule has 0 aliphatic carbocycles. The van der Waals surface area contributed by atoms with E-state index in [0.29, 0.717) is 18.3 Å². The zero-order valence-electron chi connectivity index (χ0n) is 15.4. The van der Waals surface area contributed by atoms with E-state index in [9.17, 15) is 4.79 Å². The first-order chi connectivity index (χ1) is 12.0. The first kappa shape index (κ1) is 17.8. The van der Waals surface area contributed by atoms with E-state index in [-0.39, 0.29) is 5.91 Å². The van der Waals surface area contributed by atoms with Gasteiger partial charge in [0.15, 0.2) is 0 Å². The van der Waals surface area contributed by atoms with E-state index in [0.717, 1.165) is 50.7 Å². The molecule has 0 aromatic carbocycles. The summed E-state index contributed by atoms with van der Waals surface area (Å²) in [5.41, 5.74) is 5.97. The second kappa shape index (κ2) is 7.89. The largest absolute Gasteiger partial charge is 0.368 e. The Balaban J connectivity index is 1.65. The predicted molar refractivity (Wildman–Crippen MR) is 101 cm³/mol. The molecule has 1 aromatic rings. The Kier molecular flexibility index (Phi) is 5.60. The minimum atomic E-state index is 0.208. The Morgan fingerprint density at radius 2 is 1.80 bits per heavy atom. The molecule has 7 nitrogen and oxygen atoms in total. The topological polar surface area (TPSA) is 78.6 Å². The summed E-state index contributed by atoms with van der Waals surface area (Å²) in [6.07, 6.45) is 6.29. The van der Waals surface area contributed by atoms with Gasteiger partial charge in [-0.2, -0.15) is 9.97 Å². The standard InChI is InChI=1S/C18H30N6O/c1-22(2)17(25)8-7-14-6-5-11-24(13-14)16-12-15(20-18(19)21-16)23-9-3-4-10-23/h12,14H,3-11,13H2,1-2H3,(H2,19,20,21)/t14-/m1/s1. The van der Waals surface area contributed by atoms with Crippen molar-refractivity contribution in [2.45, 2.75) is 38.5 Å². The van der Waals surface area contributed by atoms with Crippen molar-refractivity contribution in [3.05, 3.63) is 6.07 Å². The number of rotatable bonds is 5. The predicted octanol–water partition coefficient (Wildman–Crippen LogP) is 1.74. The average molecular weight is 346 g/mol. The van der Waals surface area contributed by atoms with E-state index < -0.39 is 0 Å². The molecule has 1 atom stereocenters. The Hall–Kier alpha value is -2.05. The number of anilines is 3. The van der Waals surface area contributed by atoms with Crippen LogP contribution < -0.4 is 15.5 Å². The van der Waals surface area contributed by atoms with Crippen molar-refractivity contribution < 1.29 is 4.79 Å². The van der Waals surface area contributed by atoms with Crippen LogP contribution in [0.25, 0.3) is 0 Å². The maximum absolute atomic E-state index is 11.8. The van der Waals surface area contributed by atoms with E-state index in [4.69, 9.17) is 5.73 Å². The second-order valence-electron chi connectivity index (χ2n) is 7.42. The van der Waals surface area contributed by atoms with Crippen LogP contribution in [-0.2, 0) is 4.79 Å². The summed E-state index contributed by atoms with van der Waals surface area (Å²) in [7, 11) is 3.64. The Morgan fingerprint density at radius 3 is 2.48 bits per heavy atom. The smallest absolute Gasteiger partial charge is 0.223 e. The Morgan fingerprint density at radius 1 is 1.16 bits per heavy atom. The van der Waals surface area contributed by atoms with Crippen LogP contribution in [0.15, 0.2) is 6.07 Å². The molecule has 7 heteroatoms. The van der Waals surface area contributed by atoms with Crippen molar-refractivity contribution in [2.75, 3.05) is 55.8 Å². The summed E-state index contributed by atoms with van der Waals surface area (Å²) in [5, 5.41) is 0. The van der Waals surface area contributed by atoms with Gasteiger partial charge in [0.25, 0.3) is 0 Å². The van der Waals surface area contributed by atoms with Gasteiger partial charge >= 0.3 is 0 Å². The Labute approximate surface area is 150 Å². The van der Waals surface area contributed by atoms with E-state index in [1.54, 1.807) is 4.90 Å². The maximum atomic E-state index is 11.8. The molecule has 0 radical (unpaired) electrons. The molecule has 1 aromatic heterocycles. The van der Waals surface area contributed by atoms with Crippen LogP contribution in [-0.4, -0.2) is 61.0 Å². The molecule has 1 amide bonds. The van der Waals surface area contributed by atoms with Gasteiger partial charge in [0.05, 0.1) is 0 Å². The average Bonchev–Trinajstić information content (AvgIpc) is 3.14. The third-order valence-electron chi connectivity index (χ3n) is 5.25. The lowest BCUT2D eigenvalue weighted by Gasteiger charge is -2.34. The highest BCUT2D eigenvalue weighted by molar-refractivity contribution is 5.75. The van der Waals surface area contributed by atoms with Gasteiger partial charge in [0, 0.05) is 52.8 Å². The van der Waals surface area contributed by atoms with Crippen LogP contribution in [0.5, 0.6) is 0 Å². The zero-order chi connectivity index (χ0) is 17.8. The number of carbonyl (C=O) groups is 1. The van der Waals surface area contributed by atoms with Crippen LogP contribution >= 0.6 is 0 Å². The number of aromatic nitrogens is 2. The molecule has 2 saturated heterocycles. The molecule has 2 N–H and O–H groups in total. The van der Waals surface area contributed by atoms with E-state index in [2.05, 4.69) is 25.8 Å². The highest BCUT2D eigenvalue weighted by atomic mass is 16.2. The molecule has 0 spiro atoms. The molecular formula is C18H30N6O. The number of hydrogen-bond donors (Lipinski definition) is 1. The highest BCUT2D eigenvalue weighted by Gasteiger charge is 2.24. The molecule has 2 aliphatic rings. The molecule has 138 valence electrons. The van der Waals surface area contributed by atoms with Crippen LogP contribution in [0.1, 0.15) is 38.5 Å². The van der Waals surface area contributed by atoms with Crippen molar-refractivity contribution in [3.8, 4) is 0 Å². The van der Waals surface area contributed by atoms with Crippen LogP contribution in [0.2, 0.25) is 0 Å². The fourth-order valence-corrected chi connectivity index (χ4v) is 3.77. The molecule has 3 heterocycles. The lowest BCUT2D eigenvalue weighted by atomic mass is 9.93. The van der Waals surface area contributed by atoms with E-state index in [1.807, 2.05) is 14.1 Å². The van der Waals surface area contributed by atoms with Gasteiger partial charge in [-0.3, -0.25) is 4.79 Å². The summed E-state index contributed by atoms with van der Waals surface area (Å²) in [5.74, 6) is 2.97. The van der Waals surface area contributed by atoms with Crippen LogP contribution in [0, 0.1) is 5.92 Å². The summed E-state index contributed by atoms with van der Waals surface area (Å²) >= 11 is 0. The van der Waals surface area contributed by atoms with Crippen LogP contribution in [0.3, 0.4) is 0 Å². The number of piperidine rings is 1. The molecule has 3 rings (SSSR count). The quantitative estimate of drug-likeness (QED) is 0.875. The summed E-state index contributed by atoms with van der Waals surface area (Å²) in [4.78, 5) is 27.0. The molecule has 0 saturated carbocycles. The fourth-order valence-electron chi connectivity index (χ4n) is 3.77. The van der Waals surface area contributed by atoms with E-state index >= 15 is 0 Å². The molecule has 25 heavy (non-hydrogen) atoms. The zero-order valence-corrected chi connectivity index (χ0v) is 15.4. The number of nitrogens with two attached hydrogens (primary N) is 1. The SMILES string of the molecule is CN(C)C(=O)CC[C@H]1CCCN(c2cc(N3CCCC3)nc(N)n2)C1. The van der Waals surface area contributed by atoms with E-state index in [1.165, 1.54) is 19.3 Å². The van der Waals surface area contributed by atoms with Gasteiger partial charge in [-0.15, -0.1) is 0 Å². The minimum Gasteiger partial charge on any atom is -0.368 e. The van der Waals surface area contributed by atoms with Crippen molar-refractivity contribution in [1.82, 2.24) is 14.9 Å². The van der Waals surface area contributed by atoms with Crippen molar-refractivity contribution in [1.29, 1.82) is 0 Å². The van der Waals surface area contributed by atoms with Gasteiger partial charge in [-0.25, -0.2) is 0 Å². The van der Waals surface area contributed by atoms with Crippen molar-refractivity contribution in [2.24, 2.45) is 5.92 Å². The highest BCUT2D eigenvalue weighted by Crippen LogP contribution is 2.28. The summed E-state index contributed by atoms with van der Waals surface area (Å²) in [6, 6.07) is 2.08. The van der Waals surface area contributed by atoms with Crippen molar-refractivity contribution in [3.63, 3.8) is 0 Å². The third kappa shape index (κ3) is 4.52. The number of nitrogens with zero attached hydrogens (tertiary/aromatic N) is 5. The third-order valence-corrected chi connectivity index (χ3v) is 5.25. The van der Waals surface area contributed by atoms with Gasteiger partial charge in [-0.1, -0.05) is 0 Å². The van der Waals surface area contributed by atoms with Gasteiger partial charge in [0.2, 0.25) is 11.9 Å². The normalized spacial score (nSPS) is 20.8. The van der Waals surface area contributed by atoms with Crippen molar-refractivity contribution >= 4 is 23.5 Å². The molecule has 0 unspecified atom stereocenters. The number of nitrogen functional groups attached to an aromatic ring is 1. The summed E-state index contributed by atoms with van der Waals surface area (Å²) in [6.45, 7) is 4.03. The lowest BCUT2D eigenvalue weighted by molar-refractivity contribution is -0.129. The first-order valence-corrected chi connectivity index (χ1v) is 9.37. The van der Waals surface area contributed by atoms with Crippen LogP contribution in [0.4, 0.5) is 17.6 Å². The maximum Gasteiger partial charge on any atom is 0.223 e. The Bertz CT molecular complexity index is 599. The number of hydrogen-bond acceptors (Lipinski definition) is 6. The number of carbonyl (C=O) groups excluding carboxylic acids is 1. The second-order valence-corrected chi connectivity index (χ2v) is 7.42. The molecule has 2 fully saturated rings. The molecule has 2 aliphatic heterocycles. The van der Waals surface area contributed by atoms with Gasteiger partial charge < -0.3 is 20.4 Å². The first-order valence-electron chi connectivity index (χ1n) is 9.37. The summed E-state index contributed by atoms with van der Waals surface area (Å²) < 4.78 is 0. The van der Waals surface area contributed by atoms with Gasteiger partial charge in [0.1, 0.15) is 11.6 Å². The monoisotopic (exact) mass is 346 g/mol. The molecule has 0 bridgehead atoms. The van der Waals surface area contributed by atoms with Gasteiger partial charge in [-0.05, 0) is 38.0 Å². The fraction of sp³-hybridized carbons (Fsp3) is 0.722. The minimum absolute atomic E-state index is 0.208. The molecular weight excluding hydrogens is 316 g/mol.